The summed E-state index contributed by atoms with van der Waals surface area (Å²) in [6.45, 7) is 1.61. The number of hydrogen-bond acceptors (Lipinski definition) is 3. The first-order valence-electron chi connectivity index (χ1n) is 2.76. The Morgan fingerprint density at radius 2 is 2.44 bits per heavy atom. The smallest absolute Gasteiger partial charge is 0.184 e. The zero-order valence-electron chi connectivity index (χ0n) is 5.07. The molecule has 1 rings (SSSR count). The highest BCUT2D eigenvalue weighted by atomic mass is 16.6. The van der Waals surface area contributed by atoms with E-state index in [-0.39, 0.29) is 5.78 Å². The van der Waals surface area contributed by atoms with Gasteiger partial charge < -0.3 is 9.84 Å². The molecular weight excluding hydrogens is 120 g/mol. The van der Waals surface area contributed by atoms with E-state index < -0.39 is 12.4 Å². The number of ketones is 1. The van der Waals surface area contributed by atoms with E-state index in [2.05, 4.69) is 0 Å². The van der Waals surface area contributed by atoms with Gasteiger partial charge in [0.15, 0.2) is 12.1 Å². The van der Waals surface area contributed by atoms with Gasteiger partial charge in [0.25, 0.3) is 0 Å². The minimum Gasteiger partial charge on any atom is -0.365 e. The lowest BCUT2D eigenvalue weighted by Crippen LogP contribution is -2.28. The fraction of sp³-hybridized carbons (Fsp3) is 0.500. The Hall–Kier alpha value is -0.670. The molecule has 0 saturated carbocycles. The number of hydrogen-bond donors (Lipinski definition) is 1. The summed E-state index contributed by atoms with van der Waals surface area (Å²) in [5.74, 6) is -0.0969. The quantitative estimate of drug-likeness (QED) is 0.493. The molecule has 0 aromatic rings. The molecule has 1 unspecified atom stereocenters. The van der Waals surface area contributed by atoms with Crippen LogP contribution in [0.2, 0.25) is 0 Å². The highest BCUT2D eigenvalue weighted by Crippen LogP contribution is 2.05. The summed E-state index contributed by atoms with van der Waals surface area (Å²) < 4.78 is 4.72. The maximum atomic E-state index is 10.6. The van der Waals surface area contributed by atoms with Crippen LogP contribution in [-0.2, 0) is 9.53 Å². The molecule has 0 amide bonds. The third-order valence-electron chi connectivity index (χ3n) is 1.17. The van der Waals surface area contributed by atoms with E-state index in [1.54, 1.807) is 6.92 Å². The first kappa shape index (κ1) is 6.45. The van der Waals surface area contributed by atoms with Crippen molar-refractivity contribution in [3.05, 3.63) is 12.2 Å². The summed E-state index contributed by atoms with van der Waals surface area (Å²) >= 11 is 0. The molecule has 1 heterocycles. The van der Waals surface area contributed by atoms with Gasteiger partial charge in [0.2, 0.25) is 0 Å². The van der Waals surface area contributed by atoms with Crippen molar-refractivity contribution >= 4 is 5.78 Å². The minimum absolute atomic E-state index is 0.0969. The molecule has 0 aromatic carbocycles. The number of aliphatic hydroxyl groups excluding tert-OH is 1. The van der Waals surface area contributed by atoms with Crippen LogP contribution in [0.3, 0.4) is 0 Å². The maximum Gasteiger partial charge on any atom is 0.184 e. The first-order chi connectivity index (χ1) is 4.20. The normalized spacial score (nSPS) is 35.1. The molecular formula is C6H8O3. The predicted octanol–water partition coefficient (Wildman–Crippen LogP) is -0.151. The maximum absolute atomic E-state index is 10.6. The average Bonchev–Trinajstić information content (AvgIpc) is 1.80. The van der Waals surface area contributed by atoms with Crippen molar-refractivity contribution in [1.82, 2.24) is 0 Å². The van der Waals surface area contributed by atoms with Gasteiger partial charge in [-0.15, -0.1) is 0 Å². The predicted molar refractivity (Wildman–Crippen MR) is 30.7 cm³/mol. The van der Waals surface area contributed by atoms with Crippen LogP contribution in [0.25, 0.3) is 0 Å². The lowest BCUT2D eigenvalue weighted by molar-refractivity contribution is -0.145. The number of carbonyl (C=O) groups excluding carboxylic acids is 1. The molecule has 0 aromatic heterocycles. The SMILES string of the molecule is C[C@@H]1OC(O)C=CC1=O. The van der Waals surface area contributed by atoms with Gasteiger partial charge in [-0.25, -0.2) is 0 Å². The minimum atomic E-state index is -0.905. The van der Waals surface area contributed by atoms with E-state index in [9.17, 15) is 4.79 Å². The van der Waals surface area contributed by atoms with Crippen LogP contribution >= 0.6 is 0 Å². The largest absolute Gasteiger partial charge is 0.365 e. The van der Waals surface area contributed by atoms with E-state index in [4.69, 9.17) is 9.84 Å². The number of ether oxygens (including phenoxy) is 1. The Bertz CT molecular complexity index is 150. The van der Waals surface area contributed by atoms with Gasteiger partial charge in [0.1, 0.15) is 6.10 Å². The molecule has 50 valence electrons. The number of aliphatic hydroxyl groups is 1. The lowest BCUT2D eigenvalue weighted by Gasteiger charge is -2.16. The highest BCUT2D eigenvalue weighted by Gasteiger charge is 2.18. The molecule has 0 bridgehead atoms. The van der Waals surface area contributed by atoms with Crippen molar-refractivity contribution in [2.45, 2.75) is 19.3 Å². The van der Waals surface area contributed by atoms with Crippen molar-refractivity contribution in [2.24, 2.45) is 0 Å². The van der Waals surface area contributed by atoms with E-state index in [1.165, 1.54) is 12.2 Å². The van der Waals surface area contributed by atoms with E-state index in [1.807, 2.05) is 0 Å². The van der Waals surface area contributed by atoms with Gasteiger partial charge in [-0.1, -0.05) is 0 Å². The molecule has 9 heavy (non-hydrogen) atoms. The van der Waals surface area contributed by atoms with Crippen molar-refractivity contribution < 1.29 is 14.6 Å². The van der Waals surface area contributed by atoms with Gasteiger partial charge >= 0.3 is 0 Å². The van der Waals surface area contributed by atoms with Crippen LogP contribution in [0.1, 0.15) is 6.92 Å². The second kappa shape index (κ2) is 2.29. The summed E-state index contributed by atoms with van der Waals surface area (Å²) in [7, 11) is 0. The highest BCUT2D eigenvalue weighted by molar-refractivity contribution is 5.93. The first-order valence-corrected chi connectivity index (χ1v) is 2.76. The van der Waals surface area contributed by atoms with Crippen molar-refractivity contribution in [1.29, 1.82) is 0 Å². The average molecular weight is 128 g/mol. The molecule has 0 saturated heterocycles. The Morgan fingerprint density at radius 1 is 1.78 bits per heavy atom. The summed E-state index contributed by atoms with van der Waals surface area (Å²) in [4.78, 5) is 10.6. The van der Waals surface area contributed by atoms with Crippen LogP contribution in [0.15, 0.2) is 12.2 Å². The van der Waals surface area contributed by atoms with E-state index in [0.29, 0.717) is 0 Å². The molecule has 1 aliphatic heterocycles. The second-order valence-corrected chi connectivity index (χ2v) is 1.93. The van der Waals surface area contributed by atoms with Crippen molar-refractivity contribution in [3.8, 4) is 0 Å². The topological polar surface area (TPSA) is 46.5 Å². The summed E-state index contributed by atoms with van der Waals surface area (Å²) in [6, 6.07) is 0. The molecule has 0 radical (unpaired) electrons. The van der Waals surface area contributed by atoms with Gasteiger partial charge in [-0.05, 0) is 19.1 Å². The fourth-order valence-corrected chi connectivity index (χ4v) is 0.634. The molecule has 0 fully saturated rings. The third kappa shape index (κ3) is 1.37. The zero-order chi connectivity index (χ0) is 6.85. The second-order valence-electron chi connectivity index (χ2n) is 1.93. The lowest BCUT2D eigenvalue weighted by atomic mass is 10.2. The summed E-state index contributed by atoms with van der Waals surface area (Å²) in [5.41, 5.74) is 0. The van der Waals surface area contributed by atoms with E-state index >= 15 is 0 Å². The van der Waals surface area contributed by atoms with Crippen LogP contribution in [0.5, 0.6) is 0 Å². The molecule has 0 aliphatic carbocycles. The molecule has 1 aliphatic rings. The molecule has 3 heteroatoms. The molecule has 0 spiro atoms. The van der Waals surface area contributed by atoms with E-state index in [0.717, 1.165) is 0 Å². The third-order valence-corrected chi connectivity index (χ3v) is 1.17. The van der Waals surface area contributed by atoms with Gasteiger partial charge in [-0.2, -0.15) is 0 Å². The summed E-state index contributed by atoms with van der Waals surface area (Å²) in [5, 5.41) is 8.74. The monoisotopic (exact) mass is 128 g/mol. The Morgan fingerprint density at radius 3 is 2.89 bits per heavy atom. The van der Waals surface area contributed by atoms with Crippen molar-refractivity contribution in [3.63, 3.8) is 0 Å². The van der Waals surface area contributed by atoms with Crippen LogP contribution in [-0.4, -0.2) is 23.3 Å². The Labute approximate surface area is 52.9 Å². The summed E-state index contributed by atoms with van der Waals surface area (Å²) in [6.07, 6.45) is 1.25. The molecule has 1 N–H and O–H groups in total. The van der Waals surface area contributed by atoms with Crippen LogP contribution < -0.4 is 0 Å². The zero-order valence-corrected chi connectivity index (χ0v) is 5.07. The van der Waals surface area contributed by atoms with Gasteiger partial charge in [-0.3, -0.25) is 4.79 Å². The number of carbonyl (C=O) groups is 1. The standard InChI is InChI=1S/C6H8O3/c1-4-5(7)2-3-6(8)9-4/h2-4,6,8H,1H3/t4-,6?/m0/s1. The van der Waals surface area contributed by atoms with Crippen molar-refractivity contribution in [2.75, 3.05) is 0 Å². The van der Waals surface area contributed by atoms with Gasteiger partial charge in [0.05, 0.1) is 0 Å². The van der Waals surface area contributed by atoms with Crippen LogP contribution in [0.4, 0.5) is 0 Å². The fourth-order valence-electron chi connectivity index (χ4n) is 0.634. The number of rotatable bonds is 0. The Balaban J connectivity index is 2.65. The Kier molecular flexibility index (Phi) is 1.64. The van der Waals surface area contributed by atoms with Gasteiger partial charge in [0, 0.05) is 0 Å². The molecule has 2 atom stereocenters. The van der Waals surface area contributed by atoms with Crippen LogP contribution in [0, 0.1) is 0 Å². The molecule has 3 nitrogen and oxygen atoms in total.